The van der Waals surface area contributed by atoms with E-state index in [2.05, 4.69) is 16.1 Å². The number of nitrogens with zero attached hydrogens (tertiary/aromatic N) is 1. The van der Waals surface area contributed by atoms with Crippen molar-refractivity contribution in [3.05, 3.63) is 89.5 Å². The zero-order valence-corrected chi connectivity index (χ0v) is 17.9. The summed E-state index contributed by atoms with van der Waals surface area (Å²) in [6.45, 7) is 0.279. The third kappa shape index (κ3) is 5.52. The molecule has 1 amide bonds. The summed E-state index contributed by atoms with van der Waals surface area (Å²) in [4.78, 5) is 12.8. The van der Waals surface area contributed by atoms with Crippen LogP contribution in [0.3, 0.4) is 0 Å². The Morgan fingerprint density at radius 2 is 1.81 bits per heavy atom. The maximum atomic E-state index is 12.7. The fourth-order valence-corrected chi connectivity index (χ4v) is 4.41. The van der Waals surface area contributed by atoms with Gasteiger partial charge in [0, 0.05) is 23.4 Å². The summed E-state index contributed by atoms with van der Waals surface area (Å²) in [5.41, 5.74) is 2.17. The van der Waals surface area contributed by atoms with Gasteiger partial charge in [0.1, 0.15) is 12.4 Å². The topological polar surface area (TPSA) is 108 Å². The molecule has 0 saturated heterocycles. The predicted octanol–water partition coefficient (Wildman–Crippen LogP) is 3.83. The molecule has 0 spiro atoms. The first kappa shape index (κ1) is 21.6. The Bertz CT molecular complexity index is 1290. The SMILES string of the molecule is N#Cc1cccc(COc2cccc(NC(=O)c3cccc(S(=O)(=O)NC4CC4)c3)c2)c1. The highest BCUT2D eigenvalue weighted by molar-refractivity contribution is 7.89. The van der Waals surface area contributed by atoms with Crippen molar-refractivity contribution in [3.63, 3.8) is 0 Å². The Morgan fingerprint density at radius 1 is 1.03 bits per heavy atom. The fourth-order valence-electron chi connectivity index (χ4n) is 3.06. The van der Waals surface area contributed by atoms with Gasteiger partial charge in [-0.2, -0.15) is 5.26 Å². The number of nitriles is 1. The Morgan fingerprint density at radius 3 is 2.59 bits per heavy atom. The molecular weight excluding hydrogens is 426 g/mol. The molecule has 3 aromatic rings. The van der Waals surface area contributed by atoms with Gasteiger partial charge in [0.15, 0.2) is 0 Å². The molecule has 4 rings (SSSR count). The van der Waals surface area contributed by atoms with Crippen LogP contribution in [0.5, 0.6) is 5.75 Å². The van der Waals surface area contributed by atoms with Crippen molar-refractivity contribution in [2.24, 2.45) is 0 Å². The summed E-state index contributed by atoms with van der Waals surface area (Å²) in [5.74, 6) is 0.127. The van der Waals surface area contributed by atoms with Gasteiger partial charge in [0.2, 0.25) is 10.0 Å². The smallest absolute Gasteiger partial charge is 0.255 e. The van der Waals surface area contributed by atoms with Gasteiger partial charge in [-0.15, -0.1) is 0 Å². The van der Waals surface area contributed by atoms with E-state index in [-0.39, 0.29) is 23.1 Å². The second kappa shape index (κ2) is 9.22. The number of hydrogen-bond donors (Lipinski definition) is 2. The number of carbonyl (C=O) groups excluding carboxylic acids is 1. The number of hydrogen-bond acceptors (Lipinski definition) is 5. The highest BCUT2D eigenvalue weighted by Crippen LogP contribution is 2.23. The first-order chi connectivity index (χ1) is 15.4. The Labute approximate surface area is 186 Å². The summed E-state index contributed by atoms with van der Waals surface area (Å²) >= 11 is 0. The van der Waals surface area contributed by atoms with Crippen LogP contribution >= 0.6 is 0 Å². The zero-order chi connectivity index (χ0) is 22.6. The standard InChI is InChI=1S/C24H21N3O4S/c25-15-17-4-1-5-18(12-17)16-31-22-8-3-7-21(14-22)26-24(28)19-6-2-9-23(13-19)32(29,30)27-20-10-11-20/h1-9,12-14,20,27H,10-11,16H2,(H,26,28). The van der Waals surface area contributed by atoms with Crippen molar-refractivity contribution >= 4 is 21.6 Å². The van der Waals surface area contributed by atoms with Gasteiger partial charge in [-0.05, 0) is 60.9 Å². The van der Waals surface area contributed by atoms with Crippen molar-refractivity contribution in [2.45, 2.75) is 30.4 Å². The van der Waals surface area contributed by atoms with E-state index in [1.165, 1.54) is 12.1 Å². The van der Waals surface area contributed by atoms with E-state index in [1.807, 2.05) is 6.07 Å². The van der Waals surface area contributed by atoms with Gasteiger partial charge in [0.25, 0.3) is 5.91 Å². The van der Waals surface area contributed by atoms with Crippen molar-refractivity contribution < 1.29 is 17.9 Å². The molecule has 162 valence electrons. The number of carbonyl (C=O) groups is 1. The van der Waals surface area contributed by atoms with Gasteiger partial charge in [-0.25, -0.2) is 13.1 Å². The highest BCUT2D eigenvalue weighted by atomic mass is 32.2. The molecule has 0 atom stereocenters. The first-order valence-corrected chi connectivity index (χ1v) is 11.6. The molecule has 1 fully saturated rings. The molecule has 0 bridgehead atoms. The van der Waals surface area contributed by atoms with Crippen LogP contribution in [0, 0.1) is 11.3 Å². The van der Waals surface area contributed by atoms with E-state index in [0.717, 1.165) is 18.4 Å². The van der Waals surface area contributed by atoms with Crippen molar-refractivity contribution in [1.29, 1.82) is 5.26 Å². The minimum Gasteiger partial charge on any atom is -0.489 e. The summed E-state index contributed by atoms with van der Waals surface area (Å²) < 4.78 is 33.2. The lowest BCUT2D eigenvalue weighted by Gasteiger charge is -2.11. The molecule has 2 N–H and O–H groups in total. The molecule has 0 heterocycles. The molecule has 0 radical (unpaired) electrons. The molecule has 1 saturated carbocycles. The molecule has 1 aliphatic carbocycles. The number of sulfonamides is 1. The average Bonchev–Trinajstić information content (AvgIpc) is 3.61. The Hall–Kier alpha value is -3.67. The monoisotopic (exact) mass is 447 g/mol. The Balaban J connectivity index is 1.42. The van der Waals surface area contributed by atoms with Gasteiger partial charge in [0.05, 0.1) is 16.5 Å². The maximum Gasteiger partial charge on any atom is 0.255 e. The summed E-state index contributed by atoms with van der Waals surface area (Å²) in [6.07, 6.45) is 1.67. The third-order valence-electron chi connectivity index (χ3n) is 4.86. The van der Waals surface area contributed by atoms with Crippen LogP contribution in [0.4, 0.5) is 5.69 Å². The minimum absolute atomic E-state index is 0.0115. The highest BCUT2D eigenvalue weighted by Gasteiger charge is 2.28. The molecule has 0 unspecified atom stereocenters. The second-order valence-corrected chi connectivity index (χ2v) is 9.22. The minimum atomic E-state index is -3.64. The molecule has 3 aromatic carbocycles. The van der Waals surface area contributed by atoms with E-state index in [1.54, 1.807) is 54.6 Å². The lowest BCUT2D eigenvalue weighted by molar-refractivity contribution is 0.102. The van der Waals surface area contributed by atoms with E-state index in [4.69, 9.17) is 10.00 Å². The third-order valence-corrected chi connectivity index (χ3v) is 6.38. The van der Waals surface area contributed by atoms with E-state index in [0.29, 0.717) is 17.0 Å². The average molecular weight is 448 g/mol. The van der Waals surface area contributed by atoms with Crippen LogP contribution in [-0.2, 0) is 16.6 Å². The van der Waals surface area contributed by atoms with Gasteiger partial charge < -0.3 is 10.1 Å². The largest absolute Gasteiger partial charge is 0.489 e. The van der Waals surface area contributed by atoms with E-state index in [9.17, 15) is 13.2 Å². The van der Waals surface area contributed by atoms with Crippen LogP contribution in [0.1, 0.15) is 34.3 Å². The molecule has 0 aromatic heterocycles. The van der Waals surface area contributed by atoms with Crippen molar-refractivity contribution in [3.8, 4) is 11.8 Å². The van der Waals surface area contributed by atoms with Crippen LogP contribution in [-0.4, -0.2) is 20.4 Å². The molecule has 1 aliphatic rings. The van der Waals surface area contributed by atoms with Gasteiger partial charge in [-0.3, -0.25) is 4.79 Å². The van der Waals surface area contributed by atoms with Crippen LogP contribution in [0.2, 0.25) is 0 Å². The van der Waals surface area contributed by atoms with Gasteiger partial charge in [-0.1, -0.05) is 24.3 Å². The lowest BCUT2D eigenvalue weighted by Crippen LogP contribution is -2.26. The van der Waals surface area contributed by atoms with Crippen LogP contribution < -0.4 is 14.8 Å². The summed E-state index contributed by atoms with van der Waals surface area (Å²) in [6, 6.07) is 22.1. The van der Waals surface area contributed by atoms with Crippen molar-refractivity contribution in [1.82, 2.24) is 4.72 Å². The maximum absolute atomic E-state index is 12.7. The fraction of sp³-hybridized carbons (Fsp3) is 0.167. The molecule has 7 nitrogen and oxygen atoms in total. The normalized spacial score (nSPS) is 13.2. The second-order valence-electron chi connectivity index (χ2n) is 7.51. The number of amides is 1. The number of rotatable bonds is 8. The summed E-state index contributed by atoms with van der Waals surface area (Å²) in [7, 11) is -3.64. The molecule has 0 aliphatic heterocycles. The Kier molecular flexibility index (Phi) is 6.21. The zero-order valence-electron chi connectivity index (χ0n) is 17.1. The van der Waals surface area contributed by atoms with Gasteiger partial charge >= 0.3 is 0 Å². The van der Waals surface area contributed by atoms with E-state index >= 15 is 0 Å². The number of ether oxygens (including phenoxy) is 1. The lowest BCUT2D eigenvalue weighted by atomic mass is 10.1. The van der Waals surface area contributed by atoms with Crippen LogP contribution in [0.25, 0.3) is 0 Å². The molecular formula is C24H21N3O4S. The molecule has 8 heteroatoms. The quantitative estimate of drug-likeness (QED) is 0.546. The number of anilines is 1. The first-order valence-electron chi connectivity index (χ1n) is 10.1. The van der Waals surface area contributed by atoms with Crippen molar-refractivity contribution in [2.75, 3.05) is 5.32 Å². The number of benzene rings is 3. The summed E-state index contributed by atoms with van der Waals surface area (Å²) in [5, 5.41) is 11.8. The van der Waals surface area contributed by atoms with E-state index < -0.39 is 15.9 Å². The van der Waals surface area contributed by atoms with Crippen LogP contribution in [0.15, 0.2) is 77.7 Å². The number of nitrogens with one attached hydrogen (secondary N) is 2. The molecule has 32 heavy (non-hydrogen) atoms. The predicted molar refractivity (Wildman–Crippen MR) is 120 cm³/mol.